The lowest BCUT2D eigenvalue weighted by Gasteiger charge is -2.05. The molecule has 1 N–H and O–H groups in total. The minimum absolute atomic E-state index is 0.0523. The number of nitrogens with one attached hydrogen (secondary N) is 1. The van der Waals surface area contributed by atoms with Gasteiger partial charge in [-0.25, -0.2) is 4.98 Å². The molecule has 4 rings (SSSR count). The summed E-state index contributed by atoms with van der Waals surface area (Å²) < 4.78 is 5.80. The summed E-state index contributed by atoms with van der Waals surface area (Å²) >= 11 is 0. The predicted octanol–water partition coefficient (Wildman–Crippen LogP) is 4.60. The summed E-state index contributed by atoms with van der Waals surface area (Å²) in [4.78, 5) is 16.8. The average Bonchev–Trinajstić information content (AvgIpc) is 3.05. The van der Waals surface area contributed by atoms with Crippen molar-refractivity contribution < 1.29 is 9.21 Å². The fraction of sp³-hybridized carbons (Fsp3) is 0.0909. The van der Waals surface area contributed by atoms with Gasteiger partial charge in [-0.3, -0.25) is 4.79 Å². The number of benzene rings is 3. The van der Waals surface area contributed by atoms with E-state index in [1.807, 2.05) is 78.9 Å². The van der Waals surface area contributed by atoms with E-state index in [4.69, 9.17) is 4.42 Å². The van der Waals surface area contributed by atoms with Crippen molar-refractivity contribution in [1.82, 2.24) is 4.98 Å². The first kappa shape index (κ1) is 16.1. The van der Waals surface area contributed by atoms with Crippen molar-refractivity contribution in [3.8, 4) is 0 Å². The van der Waals surface area contributed by atoms with E-state index in [-0.39, 0.29) is 5.91 Å². The number of oxazole rings is 1. The van der Waals surface area contributed by atoms with Gasteiger partial charge in [-0.1, -0.05) is 60.7 Å². The third-order valence-electron chi connectivity index (χ3n) is 4.12. The van der Waals surface area contributed by atoms with Gasteiger partial charge in [-0.05, 0) is 29.3 Å². The maximum absolute atomic E-state index is 12.2. The van der Waals surface area contributed by atoms with E-state index in [0.29, 0.717) is 18.7 Å². The molecule has 0 aliphatic carbocycles. The number of amides is 1. The van der Waals surface area contributed by atoms with Crippen molar-refractivity contribution >= 4 is 22.7 Å². The van der Waals surface area contributed by atoms with E-state index in [1.165, 1.54) is 0 Å². The van der Waals surface area contributed by atoms with Gasteiger partial charge in [0.2, 0.25) is 5.91 Å². The highest BCUT2D eigenvalue weighted by molar-refractivity contribution is 5.94. The number of hydrogen-bond donors (Lipinski definition) is 1. The molecule has 0 saturated heterocycles. The monoisotopic (exact) mass is 342 g/mol. The fourth-order valence-electron chi connectivity index (χ4n) is 2.89. The standard InChI is InChI=1S/C22H18N2O2/c25-21(13-16-7-3-1-4-8-16)23-18-11-12-20-19(15-18)24-22(26-20)14-17-9-5-2-6-10-17/h1-12,15H,13-14H2,(H,23,25). The molecule has 0 atom stereocenters. The number of anilines is 1. The molecule has 4 heteroatoms. The highest BCUT2D eigenvalue weighted by atomic mass is 16.3. The maximum Gasteiger partial charge on any atom is 0.228 e. The Kier molecular flexibility index (Phi) is 4.48. The molecular weight excluding hydrogens is 324 g/mol. The molecule has 4 nitrogen and oxygen atoms in total. The molecule has 0 bridgehead atoms. The smallest absolute Gasteiger partial charge is 0.228 e. The molecule has 0 saturated carbocycles. The second-order valence-corrected chi connectivity index (χ2v) is 6.16. The minimum atomic E-state index is -0.0523. The van der Waals surface area contributed by atoms with Gasteiger partial charge in [0, 0.05) is 12.1 Å². The van der Waals surface area contributed by atoms with Crippen LogP contribution in [-0.4, -0.2) is 10.9 Å². The zero-order valence-corrected chi connectivity index (χ0v) is 14.2. The van der Waals surface area contributed by atoms with E-state index in [2.05, 4.69) is 10.3 Å². The molecular formula is C22H18N2O2. The highest BCUT2D eigenvalue weighted by Gasteiger charge is 2.09. The molecule has 0 radical (unpaired) electrons. The molecule has 1 aromatic heterocycles. The second-order valence-electron chi connectivity index (χ2n) is 6.16. The van der Waals surface area contributed by atoms with Gasteiger partial charge in [-0.15, -0.1) is 0 Å². The van der Waals surface area contributed by atoms with Gasteiger partial charge in [0.1, 0.15) is 5.52 Å². The number of rotatable bonds is 5. The second kappa shape index (κ2) is 7.23. The molecule has 3 aromatic carbocycles. The highest BCUT2D eigenvalue weighted by Crippen LogP contribution is 2.21. The summed E-state index contributed by atoms with van der Waals surface area (Å²) in [7, 11) is 0. The maximum atomic E-state index is 12.2. The van der Waals surface area contributed by atoms with Crippen LogP contribution in [0.5, 0.6) is 0 Å². The number of hydrogen-bond acceptors (Lipinski definition) is 3. The van der Waals surface area contributed by atoms with Gasteiger partial charge < -0.3 is 9.73 Å². The third kappa shape index (κ3) is 3.81. The van der Waals surface area contributed by atoms with E-state index in [9.17, 15) is 4.79 Å². The Balaban J connectivity index is 1.48. The summed E-state index contributed by atoms with van der Waals surface area (Å²) in [6.07, 6.45) is 0.988. The lowest BCUT2D eigenvalue weighted by molar-refractivity contribution is -0.115. The van der Waals surface area contributed by atoms with Crippen molar-refractivity contribution in [1.29, 1.82) is 0 Å². The molecule has 0 aliphatic rings. The summed E-state index contributed by atoms with van der Waals surface area (Å²) in [6.45, 7) is 0. The van der Waals surface area contributed by atoms with Gasteiger partial charge in [-0.2, -0.15) is 0 Å². The zero-order valence-electron chi connectivity index (χ0n) is 14.2. The number of aromatic nitrogens is 1. The summed E-state index contributed by atoms with van der Waals surface area (Å²) in [5, 5.41) is 2.92. The Morgan fingerprint density at radius 2 is 1.58 bits per heavy atom. The first-order chi connectivity index (χ1) is 12.8. The van der Waals surface area contributed by atoms with Crippen LogP contribution in [0.2, 0.25) is 0 Å². The van der Waals surface area contributed by atoms with Crippen LogP contribution in [0.25, 0.3) is 11.1 Å². The normalized spacial score (nSPS) is 10.8. The molecule has 0 spiro atoms. The lowest BCUT2D eigenvalue weighted by Crippen LogP contribution is -2.14. The van der Waals surface area contributed by atoms with Gasteiger partial charge in [0.25, 0.3) is 0 Å². The zero-order chi connectivity index (χ0) is 17.8. The number of carbonyl (C=O) groups excluding carboxylic acids is 1. The number of nitrogens with zero attached hydrogens (tertiary/aromatic N) is 1. The summed E-state index contributed by atoms with van der Waals surface area (Å²) in [6, 6.07) is 25.3. The Labute approximate surface area is 151 Å². The molecule has 1 amide bonds. The Morgan fingerprint density at radius 1 is 0.885 bits per heavy atom. The van der Waals surface area contributed by atoms with Gasteiger partial charge >= 0.3 is 0 Å². The minimum Gasteiger partial charge on any atom is -0.440 e. The molecule has 0 aliphatic heterocycles. The largest absolute Gasteiger partial charge is 0.440 e. The van der Waals surface area contributed by atoms with Crippen LogP contribution in [0.3, 0.4) is 0 Å². The molecule has 0 unspecified atom stereocenters. The Bertz CT molecular complexity index is 1020. The predicted molar refractivity (Wildman–Crippen MR) is 102 cm³/mol. The SMILES string of the molecule is O=C(Cc1ccccc1)Nc1ccc2oc(Cc3ccccc3)nc2c1. The molecule has 4 aromatic rings. The van der Waals surface area contributed by atoms with E-state index < -0.39 is 0 Å². The summed E-state index contributed by atoms with van der Waals surface area (Å²) in [5.74, 6) is 0.613. The van der Waals surface area contributed by atoms with Crippen LogP contribution < -0.4 is 5.32 Å². The first-order valence-electron chi connectivity index (χ1n) is 8.53. The topological polar surface area (TPSA) is 55.1 Å². The Hall–Kier alpha value is -3.40. The van der Waals surface area contributed by atoms with Crippen LogP contribution >= 0.6 is 0 Å². The van der Waals surface area contributed by atoms with Crippen LogP contribution in [0.4, 0.5) is 5.69 Å². The van der Waals surface area contributed by atoms with Gasteiger partial charge in [0.05, 0.1) is 6.42 Å². The van der Waals surface area contributed by atoms with Crippen molar-refractivity contribution in [3.05, 3.63) is 95.9 Å². The summed E-state index contributed by atoms with van der Waals surface area (Å²) in [5.41, 5.74) is 4.32. The molecule has 0 fully saturated rings. The lowest BCUT2D eigenvalue weighted by atomic mass is 10.1. The van der Waals surface area contributed by atoms with E-state index in [1.54, 1.807) is 0 Å². The van der Waals surface area contributed by atoms with Crippen molar-refractivity contribution in [3.63, 3.8) is 0 Å². The van der Waals surface area contributed by atoms with E-state index >= 15 is 0 Å². The Morgan fingerprint density at radius 3 is 2.31 bits per heavy atom. The van der Waals surface area contributed by atoms with Crippen LogP contribution in [0.15, 0.2) is 83.3 Å². The van der Waals surface area contributed by atoms with Crippen LogP contribution in [0, 0.1) is 0 Å². The quantitative estimate of drug-likeness (QED) is 0.577. The molecule has 26 heavy (non-hydrogen) atoms. The number of fused-ring (bicyclic) bond motifs is 1. The van der Waals surface area contributed by atoms with Crippen molar-refractivity contribution in [2.75, 3.05) is 5.32 Å². The molecule has 128 valence electrons. The fourth-order valence-corrected chi connectivity index (χ4v) is 2.89. The van der Waals surface area contributed by atoms with Crippen LogP contribution in [0.1, 0.15) is 17.0 Å². The third-order valence-corrected chi connectivity index (χ3v) is 4.12. The average molecular weight is 342 g/mol. The van der Waals surface area contributed by atoms with Gasteiger partial charge in [0.15, 0.2) is 11.5 Å². The van der Waals surface area contributed by atoms with Crippen LogP contribution in [-0.2, 0) is 17.6 Å². The van der Waals surface area contributed by atoms with E-state index in [0.717, 1.165) is 27.9 Å². The number of carbonyl (C=O) groups is 1. The van der Waals surface area contributed by atoms with Crippen molar-refractivity contribution in [2.45, 2.75) is 12.8 Å². The first-order valence-corrected chi connectivity index (χ1v) is 8.53. The molecule has 1 heterocycles. The van der Waals surface area contributed by atoms with Crippen molar-refractivity contribution in [2.24, 2.45) is 0 Å².